The van der Waals surface area contributed by atoms with Crippen LogP contribution in [-0.2, 0) is 16.6 Å². The van der Waals surface area contributed by atoms with E-state index in [1.165, 1.54) is 38.5 Å². The Morgan fingerprint density at radius 3 is 2.26 bits per heavy atom. The lowest BCUT2D eigenvalue weighted by Gasteiger charge is -2.11. The van der Waals surface area contributed by atoms with Gasteiger partial charge in [-0.3, -0.25) is 0 Å². The predicted molar refractivity (Wildman–Crippen MR) is 79.9 cm³/mol. The van der Waals surface area contributed by atoms with Crippen LogP contribution >= 0.6 is 0 Å². The molecule has 0 radical (unpaired) electrons. The zero-order chi connectivity index (χ0) is 17.0. The van der Waals surface area contributed by atoms with Crippen molar-refractivity contribution in [1.29, 1.82) is 0 Å². The van der Waals surface area contributed by atoms with Crippen molar-refractivity contribution in [2.24, 2.45) is 0 Å². The Balaban J connectivity index is 2.20. The third-order valence-corrected chi connectivity index (χ3v) is 4.51. The molecule has 23 heavy (non-hydrogen) atoms. The monoisotopic (exact) mass is 343 g/mol. The van der Waals surface area contributed by atoms with E-state index in [2.05, 4.69) is 4.72 Å². The van der Waals surface area contributed by atoms with Crippen LogP contribution in [0.1, 0.15) is 5.56 Å². The largest absolute Gasteiger partial charge is 0.493 e. The molecular formula is C15H15F2NO4S. The average molecular weight is 343 g/mol. The van der Waals surface area contributed by atoms with Gasteiger partial charge in [-0.15, -0.1) is 0 Å². The minimum atomic E-state index is -3.84. The molecule has 0 unspecified atom stereocenters. The van der Waals surface area contributed by atoms with Crippen molar-refractivity contribution in [1.82, 2.24) is 4.72 Å². The first-order chi connectivity index (χ1) is 10.9. The van der Waals surface area contributed by atoms with E-state index in [0.717, 1.165) is 12.1 Å². The SMILES string of the molecule is COc1ccc(S(=O)(=O)NCc2ccc(F)c(F)c2)cc1OC. The van der Waals surface area contributed by atoms with E-state index in [-0.39, 0.29) is 17.2 Å². The van der Waals surface area contributed by atoms with Crippen molar-refractivity contribution in [2.45, 2.75) is 11.4 Å². The van der Waals surface area contributed by atoms with Crippen molar-refractivity contribution in [3.05, 3.63) is 53.6 Å². The van der Waals surface area contributed by atoms with E-state index in [9.17, 15) is 17.2 Å². The van der Waals surface area contributed by atoms with Gasteiger partial charge in [0, 0.05) is 12.6 Å². The molecule has 2 aromatic rings. The maximum atomic E-state index is 13.1. The second-order valence-electron chi connectivity index (χ2n) is 4.59. The van der Waals surface area contributed by atoms with Gasteiger partial charge in [-0.2, -0.15) is 0 Å². The highest BCUT2D eigenvalue weighted by atomic mass is 32.2. The normalized spacial score (nSPS) is 11.3. The van der Waals surface area contributed by atoms with E-state index in [0.29, 0.717) is 11.3 Å². The average Bonchev–Trinajstić information content (AvgIpc) is 2.55. The number of benzene rings is 2. The van der Waals surface area contributed by atoms with Crippen LogP contribution in [0.25, 0.3) is 0 Å². The molecule has 0 atom stereocenters. The summed E-state index contributed by atoms with van der Waals surface area (Å²) in [5, 5.41) is 0. The molecule has 0 saturated carbocycles. The summed E-state index contributed by atoms with van der Waals surface area (Å²) in [5.74, 6) is -1.36. The number of rotatable bonds is 6. The molecule has 0 saturated heterocycles. The molecule has 0 fully saturated rings. The number of hydrogen-bond donors (Lipinski definition) is 1. The maximum Gasteiger partial charge on any atom is 0.241 e. The zero-order valence-electron chi connectivity index (χ0n) is 12.5. The van der Waals surface area contributed by atoms with Crippen LogP contribution in [0.4, 0.5) is 8.78 Å². The van der Waals surface area contributed by atoms with Crippen LogP contribution < -0.4 is 14.2 Å². The quantitative estimate of drug-likeness (QED) is 0.875. The fraction of sp³-hybridized carbons (Fsp3) is 0.200. The number of ether oxygens (including phenoxy) is 2. The van der Waals surface area contributed by atoms with Gasteiger partial charge in [0.05, 0.1) is 19.1 Å². The van der Waals surface area contributed by atoms with Gasteiger partial charge in [0.15, 0.2) is 23.1 Å². The fourth-order valence-electron chi connectivity index (χ4n) is 1.89. The lowest BCUT2D eigenvalue weighted by atomic mass is 10.2. The first-order valence-electron chi connectivity index (χ1n) is 6.53. The van der Waals surface area contributed by atoms with Crippen LogP contribution in [0.3, 0.4) is 0 Å². The third kappa shape index (κ3) is 3.96. The Morgan fingerprint density at radius 2 is 1.65 bits per heavy atom. The van der Waals surface area contributed by atoms with Crippen molar-refractivity contribution < 1.29 is 26.7 Å². The summed E-state index contributed by atoms with van der Waals surface area (Å²) in [6.45, 7) is -0.173. The van der Waals surface area contributed by atoms with Crippen molar-refractivity contribution in [3.63, 3.8) is 0 Å². The molecule has 2 rings (SSSR count). The van der Waals surface area contributed by atoms with E-state index < -0.39 is 21.7 Å². The minimum absolute atomic E-state index is 0.0299. The topological polar surface area (TPSA) is 64.6 Å². The van der Waals surface area contributed by atoms with Crippen molar-refractivity contribution in [2.75, 3.05) is 14.2 Å². The molecule has 0 aliphatic heterocycles. The first-order valence-corrected chi connectivity index (χ1v) is 8.01. The summed E-state index contributed by atoms with van der Waals surface area (Å²) < 4.78 is 62.9. The molecule has 8 heteroatoms. The molecule has 0 amide bonds. The van der Waals surface area contributed by atoms with Crippen LogP contribution in [0.5, 0.6) is 11.5 Å². The summed E-state index contributed by atoms with van der Waals surface area (Å²) in [7, 11) is -1.01. The Kier molecular flexibility index (Phi) is 5.17. The van der Waals surface area contributed by atoms with Gasteiger partial charge in [0.1, 0.15) is 0 Å². The third-order valence-electron chi connectivity index (χ3n) is 3.12. The molecule has 0 heterocycles. The van der Waals surface area contributed by atoms with Gasteiger partial charge in [-0.1, -0.05) is 6.07 Å². The molecule has 0 spiro atoms. The molecule has 5 nitrogen and oxygen atoms in total. The lowest BCUT2D eigenvalue weighted by Crippen LogP contribution is -2.23. The summed E-state index contributed by atoms with van der Waals surface area (Å²) >= 11 is 0. The van der Waals surface area contributed by atoms with Gasteiger partial charge >= 0.3 is 0 Å². The molecule has 1 N–H and O–H groups in total. The molecular weight excluding hydrogens is 328 g/mol. The second-order valence-corrected chi connectivity index (χ2v) is 6.36. The van der Waals surface area contributed by atoms with Gasteiger partial charge in [-0.05, 0) is 29.8 Å². The van der Waals surface area contributed by atoms with Crippen LogP contribution in [0.2, 0.25) is 0 Å². The lowest BCUT2D eigenvalue weighted by molar-refractivity contribution is 0.354. The number of hydrogen-bond acceptors (Lipinski definition) is 4. The molecule has 0 aliphatic rings. The second kappa shape index (κ2) is 6.93. The first kappa shape index (κ1) is 17.2. The molecule has 0 aliphatic carbocycles. The molecule has 0 aromatic heterocycles. The Labute approximate surface area is 132 Å². The van der Waals surface area contributed by atoms with Gasteiger partial charge in [0.25, 0.3) is 0 Å². The highest BCUT2D eigenvalue weighted by Gasteiger charge is 2.17. The molecule has 124 valence electrons. The van der Waals surface area contributed by atoms with Gasteiger partial charge in [0.2, 0.25) is 10.0 Å². The van der Waals surface area contributed by atoms with E-state index in [4.69, 9.17) is 9.47 Å². The van der Waals surface area contributed by atoms with Crippen LogP contribution in [0, 0.1) is 11.6 Å². The van der Waals surface area contributed by atoms with Gasteiger partial charge < -0.3 is 9.47 Å². The van der Waals surface area contributed by atoms with E-state index in [1.807, 2.05) is 0 Å². The van der Waals surface area contributed by atoms with Crippen LogP contribution in [0.15, 0.2) is 41.3 Å². The summed E-state index contributed by atoms with van der Waals surface area (Å²) in [6, 6.07) is 7.31. The highest BCUT2D eigenvalue weighted by Crippen LogP contribution is 2.29. The fourth-order valence-corrected chi connectivity index (χ4v) is 2.93. The number of methoxy groups -OCH3 is 2. The summed E-state index contributed by atoms with van der Waals surface area (Å²) in [4.78, 5) is -0.0299. The van der Waals surface area contributed by atoms with E-state index in [1.54, 1.807) is 0 Å². The summed E-state index contributed by atoms with van der Waals surface area (Å²) in [6.07, 6.45) is 0. The Hall–Kier alpha value is -2.19. The standard InChI is InChI=1S/C15H15F2NO4S/c1-21-14-6-4-11(8-15(14)22-2)23(19,20)18-9-10-3-5-12(16)13(17)7-10/h3-8,18H,9H2,1-2H3. The van der Waals surface area contributed by atoms with Crippen LogP contribution in [-0.4, -0.2) is 22.6 Å². The zero-order valence-corrected chi connectivity index (χ0v) is 13.3. The van der Waals surface area contributed by atoms with Crippen molar-refractivity contribution in [3.8, 4) is 11.5 Å². The van der Waals surface area contributed by atoms with E-state index >= 15 is 0 Å². The molecule has 2 aromatic carbocycles. The maximum absolute atomic E-state index is 13.1. The smallest absolute Gasteiger partial charge is 0.241 e. The Morgan fingerprint density at radius 1 is 0.957 bits per heavy atom. The number of nitrogens with one attached hydrogen (secondary N) is 1. The van der Waals surface area contributed by atoms with Crippen molar-refractivity contribution >= 4 is 10.0 Å². The number of sulfonamides is 1. The highest BCUT2D eigenvalue weighted by molar-refractivity contribution is 7.89. The Bertz CT molecular complexity index is 809. The minimum Gasteiger partial charge on any atom is -0.493 e. The predicted octanol–water partition coefficient (Wildman–Crippen LogP) is 2.46. The van der Waals surface area contributed by atoms with Gasteiger partial charge in [-0.25, -0.2) is 21.9 Å². The molecule has 0 bridgehead atoms. The number of halogens is 2. The summed E-state index contributed by atoms with van der Waals surface area (Å²) in [5.41, 5.74) is 0.299.